The van der Waals surface area contributed by atoms with Gasteiger partial charge in [-0.1, -0.05) is 19.9 Å². The molecular weight excluding hydrogens is 348 g/mol. The zero-order valence-electron chi connectivity index (χ0n) is 16.7. The number of piperazine rings is 1. The zero-order valence-corrected chi connectivity index (χ0v) is 16.7. The van der Waals surface area contributed by atoms with Gasteiger partial charge in [0, 0.05) is 32.6 Å². The van der Waals surface area contributed by atoms with Crippen LogP contribution in [0.2, 0.25) is 0 Å². The van der Waals surface area contributed by atoms with E-state index in [1.165, 1.54) is 0 Å². The smallest absolute Gasteiger partial charge is 0.409 e. The third-order valence-electron chi connectivity index (χ3n) is 4.51. The highest BCUT2D eigenvalue weighted by molar-refractivity contribution is 5.77. The fraction of sp³-hybridized carbons (Fsp3) is 0.600. The summed E-state index contributed by atoms with van der Waals surface area (Å²) in [4.78, 5) is 27.9. The minimum Gasteiger partial charge on any atom is -0.493 e. The first-order valence-corrected chi connectivity index (χ1v) is 9.35. The maximum Gasteiger partial charge on any atom is 0.409 e. The van der Waals surface area contributed by atoms with E-state index in [2.05, 4.69) is 0 Å². The first-order valence-electron chi connectivity index (χ1n) is 9.35. The fourth-order valence-corrected chi connectivity index (χ4v) is 2.91. The molecule has 0 aromatic heterocycles. The molecule has 1 aromatic carbocycles. The predicted octanol–water partition coefficient (Wildman–Crippen LogP) is 2.57. The van der Waals surface area contributed by atoms with Crippen molar-refractivity contribution >= 4 is 12.0 Å². The summed E-state index contributed by atoms with van der Waals surface area (Å²) in [6.45, 7) is 6.54. The molecule has 1 fully saturated rings. The van der Waals surface area contributed by atoms with Crippen LogP contribution in [0.25, 0.3) is 0 Å². The molecule has 1 heterocycles. The molecule has 0 atom stereocenters. The lowest BCUT2D eigenvalue weighted by Crippen LogP contribution is -2.50. The Hall–Kier alpha value is -2.44. The summed E-state index contributed by atoms with van der Waals surface area (Å²) in [5.74, 6) is 1.75. The van der Waals surface area contributed by atoms with Gasteiger partial charge >= 0.3 is 6.09 Å². The van der Waals surface area contributed by atoms with Crippen molar-refractivity contribution in [3.05, 3.63) is 23.8 Å². The Morgan fingerprint density at radius 1 is 1.00 bits per heavy atom. The minimum atomic E-state index is -0.291. The highest BCUT2D eigenvalue weighted by Gasteiger charge is 2.25. The van der Waals surface area contributed by atoms with Crippen molar-refractivity contribution in [3.63, 3.8) is 0 Å². The van der Waals surface area contributed by atoms with Gasteiger partial charge < -0.3 is 24.0 Å². The number of hydrogen-bond acceptors (Lipinski definition) is 5. The number of amides is 2. The maximum absolute atomic E-state index is 12.5. The van der Waals surface area contributed by atoms with E-state index in [9.17, 15) is 9.59 Å². The van der Waals surface area contributed by atoms with E-state index in [0.29, 0.717) is 63.0 Å². The van der Waals surface area contributed by atoms with Crippen LogP contribution in [-0.4, -0.2) is 68.8 Å². The SMILES string of the molecule is COc1ccc(CCC(=O)N2CCN(C(=O)OCC(C)C)CC2)cc1OC. The highest BCUT2D eigenvalue weighted by atomic mass is 16.6. The van der Waals surface area contributed by atoms with Gasteiger partial charge in [-0.25, -0.2) is 4.79 Å². The van der Waals surface area contributed by atoms with Crippen LogP contribution in [-0.2, 0) is 16.0 Å². The number of carbonyl (C=O) groups is 2. The molecule has 1 aliphatic heterocycles. The molecule has 0 radical (unpaired) electrons. The Bertz CT molecular complexity index is 639. The Labute approximate surface area is 161 Å². The van der Waals surface area contributed by atoms with Gasteiger partial charge in [0.1, 0.15) is 0 Å². The number of carbonyl (C=O) groups excluding carboxylic acids is 2. The van der Waals surface area contributed by atoms with Crippen LogP contribution in [0.1, 0.15) is 25.8 Å². The van der Waals surface area contributed by atoms with Crippen LogP contribution >= 0.6 is 0 Å². The number of methoxy groups -OCH3 is 2. The van der Waals surface area contributed by atoms with Crippen LogP contribution in [0.3, 0.4) is 0 Å². The lowest BCUT2D eigenvalue weighted by Gasteiger charge is -2.34. The Morgan fingerprint density at radius 2 is 1.63 bits per heavy atom. The highest BCUT2D eigenvalue weighted by Crippen LogP contribution is 2.28. The summed E-state index contributed by atoms with van der Waals surface area (Å²) >= 11 is 0. The molecule has 0 saturated carbocycles. The summed E-state index contributed by atoms with van der Waals surface area (Å²) in [5, 5.41) is 0. The van der Waals surface area contributed by atoms with Crippen molar-refractivity contribution in [1.82, 2.24) is 9.80 Å². The quantitative estimate of drug-likeness (QED) is 0.729. The second kappa shape index (κ2) is 10.0. The third-order valence-corrected chi connectivity index (χ3v) is 4.51. The first kappa shape index (κ1) is 20.9. The second-order valence-electron chi connectivity index (χ2n) is 7.03. The molecule has 0 unspecified atom stereocenters. The van der Waals surface area contributed by atoms with Crippen molar-refractivity contribution < 1.29 is 23.8 Å². The number of ether oxygens (including phenoxy) is 3. The molecule has 150 valence electrons. The predicted molar refractivity (Wildman–Crippen MR) is 102 cm³/mol. The standard InChI is InChI=1S/C20H30N2O5/c1-15(2)14-27-20(24)22-11-9-21(10-12-22)19(23)8-6-16-5-7-17(25-3)18(13-16)26-4/h5,7,13,15H,6,8-12,14H2,1-4H3. The molecule has 0 N–H and O–H groups in total. The van der Waals surface area contributed by atoms with Crippen LogP contribution in [0.4, 0.5) is 4.79 Å². The van der Waals surface area contributed by atoms with Gasteiger partial charge in [-0.15, -0.1) is 0 Å². The van der Waals surface area contributed by atoms with Crippen molar-refractivity contribution in [2.24, 2.45) is 5.92 Å². The molecule has 0 bridgehead atoms. The van der Waals surface area contributed by atoms with Gasteiger partial charge in [-0.05, 0) is 30.0 Å². The molecule has 1 saturated heterocycles. The molecule has 27 heavy (non-hydrogen) atoms. The molecular formula is C20H30N2O5. The van der Waals surface area contributed by atoms with Crippen LogP contribution < -0.4 is 9.47 Å². The molecule has 2 rings (SSSR count). The van der Waals surface area contributed by atoms with E-state index >= 15 is 0 Å². The molecule has 1 aromatic rings. The van der Waals surface area contributed by atoms with Gasteiger partial charge in [0.2, 0.25) is 5.91 Å². The van der Waals surface area contributed by atoms with E-state index in [0.717, 1.165) is 5.56 Å². The van der Waals surface area contributed by atoms with Gasteiger partial charge in [0.15, 0.2) is 11.5 Å². The first-order chi connectivity index (χ1) is 12.9. The lowest BCUT2D eigenvalue weighted by atomic mass is 10.1. The number of hydrogen-bond donors (Lipinski definition) is 0. The van der Waals surface area contributed by atoms with Gasteiger partial charge in [-0.3, -0.25) is 4.79 Å². The molecule has 0 spiro atoms. The summed E-state index contributed by atoms with van der Waals surface area (Å²) < 4.78 is 15.8. The topological polar surface area (TPSA) is 68.3 Å². The summed E-state index contributed by atoms with van der Waals surface area (Å²) in [6, 6.07) is 5.69. The van der Waals surface area contributed by atoms with Gasteiger partial charge in [0.05, 0.1) is 20.8 Å². The molecule has 7 nitrogen and oxygen atoms in total. The molecule has 7 heteroatoms. The van der Waals surface area contributed by atoms with Crippen LogP contribution in [0.15, 0.2) is 18.2 Å². The monoisotopic (exact) mass is 378 g/mol. The van der Waals surface area contributed by atoms with Crippen molar-refractivity contribution in [2.45, 2.75) is 26.7 Å². The van der Waals surface area contributed by atoms with E-state index in [1.807, 2.05) is 36.9 Å². The van der Waals surface area contributed by atoms with Gasteiger partial charge in [-0.2, -0.15) is 0 Å². The van der Waals surface area contributed by atoms with E-state index in [1.54, 1.807) is 19.1 Å². The maximum atomic E-state index is 12.5. The summed E-state index contributed by atoms with van der Waals surface area (Å²) in [6.07, 6.45) is 0.768. The molecule has 0 aliphatic carbocycles. The summed E-state index contributed by atoms with van der Waals surface area (Å²) in [7, 11) is 3.19. The second-order valence-corrected chi connectivity index (χ2v) is 7.03. The number of aryl methyl sites for hydroxylation is 1. The van der Waals surface area contributed by atoms with Crippen LogP contribution in [0.5, 0.6) is 11.5 Å². The lowest BCUT2D eigenvalue weighted by molar-refractivity contribution is -0.132. The van der Waals surface area contributed by atoms with E-state index < -0.39 is 0 Å². The van der Waals surface area contributed by atoms with Gasteiger partial charge in [0.25, 0.3) is 0 Å². The number of rotatable bonds is 7. The average Bonchev–Trinajstić information content (AvgIpc) is 2.69. The molecule has 2 amide bonds. The van der Waals surface area contributed by atoms with E-state index in [-0.39, 0.29) is 12.0 Å². The Kier molecular flexibility index (Phi) is 7.76. The van der Waals surface area contributed by atoms with Crippen molar-refractivity contribution in [3.8, 4) is 11.5 Å². The third kappa shape index (κ3) is 6.05. The Balaban J connectivity index is 1.78. The zero-order chi connectivity index (χ0) is 19.8. The fourth-order valence-electron chi connectivity index (χ4n) is 2.91. The number of benzene rings is 1. The Morgan fingerprint density at radius 3 is 2.22 bits per heavy atom. The average molecular weight is 378 g/mol. The van der Waals surface area contributed by atoms with Crippen molar-refractivity contribution in [1.29, 1.82) is 0 Å². The normalized spacial score (nSPS) is 14.3. The molecule has 1 aliphatic rings. The largest absolute Gasteiger partial charge is 0.493 e. The number of nitrogens with zero attached hydrogens (tertiary/aromatic N) is 2. The van der Waals surface area contributed by atoms with Crippen LogP contribution in [0, 0.1) is 5.92 Å². The minimum absolute atomic E-state index is 0.0972. The van der Waals surface area contributed by atoms with Crippen molar-refractivity contribution in [2.75, 3.05) is 47.0 Å². The van der Waals surface area contributed by atoms with E-state index in [4.69, 9.17) is 14.2 Å². The summed E-state index contributed by atoms with van der Waals surface area (Å²) in [5.41, 5.74) is 1.02.